The molecule has 0 unspecified atom stereocenters. The predicted molar refractivity (Wildman–Crippen MR) is 54.4 cm³/mol. The summed E-state index contributed by atoms with van der Waals surface area (Å²) in [6.07, 6.45) is 4.17. The van der Waals surface area contributed by atoms with Gasteiger partial charge in [0.05, 0.1) is 6.20 Å². The van der Waals surface area contributed by atoms with Gasteiger partial charge in [0.25, 0.3) is 0 Å². The maximum absolute atomic E-state index is 5.33. The standard InChI is InChI=1S/C10H10N4/c11-4-2-1-3-8-5-9-7-13-14-10(9)12-6-8/h5-7H,2,4,11H2,(H,12,13,14). The number of hydrogen-bond acceptors (Lipinski definition) is 3. The summed E-state index contributed by atoms with van der Waals surface area (Å²) in [6.45, 7) is 0.592. The van der Waals surface area contributed by atoms with Gasteiger partial charge in [-0.05, 0) is 6.07 Å². The average Bonchev–Trinajstić information content (AvgIpc) is 2.65. The molecule has 0 aliphatic carbocycles. The molecule has 3 N–H and O–H groups in total. The second-order valence-electron chi connectivity index (χ2n) is 2.87. The van der Waals surface area contributed by atoms with Gasteiger partial charge in [0.1, 0.15) is 0 Å². The number of nitrogens with zero attached hydrogens (tertiary/aromatic N) is 2. The van der Waals surface area contributed by atoms with Crippen molar-refractivity contribution in [2.75, 3.05) is 6.54 Å². The summed E-state index contributed by atoms with van der Waals surface area (Å²) in [5, 5.41) is 7.64. The van der Waals surface area contributed by atoms with E-state index in [-0.39, 0.29) is 0 Å². The molecule has 70 valence electrons. The SMILES string of the molecule is NCCC#Cc1cnc2[nH]ncc2c1. The highest BCUT2D eigenvalue weighted by atomic mass is 15.1. The van der Waals surface area contributed by atoms with E-state index in [1.807, 2.05) is 6.07 Å². The molecule has 0 aliphatic rings. The zero-order valence-electron chi connectivity index (χ0n) is 7.62. The minimum Gasteiger partial charge on any atom is -0.330 e. The summed E-state index contributed by atoms with van der Waals surface area (Å²) in [7, 11) is 0. The Balaban J connectivity index is 2.31. The highest BCUT2D eigenvalue weighted by Crippen LogP contribution is 2.08. The van der Waals surface area contributed by atoms with Gasteiger partial charge in [-0.3, -0.25) is 5.10 Å². The monoisotopic (exact) mass is 186 g/mol. The highest BCUT2D eigenvalue weighted by Gasteiger charge is 1.96. The lowest BCUT2D eigenvalue weighted by molar-refractivity contribution is 1.03. The second-order valence-corrected chi connectivity index (χ2v) is 2.87. The maximum atomic E-state index is 5.33. The molecule has 0 saturated carbocycles. The number of fused-ring (bicyclic) bond motifs is 1. The first-order chi connectivity index (χ1) is 6.90. The first-order valence-corrected chi connectivity index (χ1v) is 4.38. The van der Waals surface area contributed by atoms with Gasteiger partial charge in [0.2, 0.25) is 0 Å². The summed E-state index contributed by atoms with van der Waals surface area (Å²) in [4.78, 5) is 4.17. The van der Waals surface area contributed by atoms with Crippen LogP contribution in [-0.2, 0) is 0 Å². The molecule has 0 aromatic carbocycles. The molecule has 0 amide bonds. The molecule has 0 atom stereocenters. The number of hydrogen-bond donors (Lipinski definition) is 2. The van der Waals surface area contributed by atoms with Gasteiger partial charge in [0, 0.05) is 30.1 Å². The smallest absolute Gasteiger partial charge is 0.155 e. The van der Waals surface area contributed by atoms with Crippen LogP contribution in [0, 0.1) is 11.8 Å². The molecule has 4 heteroatoms. The molecule has 0 spiro atoms. The van der Waals surface area contributed by atoms with Crippen LogP contribution >= 0.6 is 0 Å². The largest absolute Gasteiger partial charge is 0.330 e. The van der Waals surface area contributed by atoms with E-state index in [0.717, 1.165) is 16.6 Å². The topological polar surface area (TPSA) is 67.6 Å². The molecule has 0 saturated heterocycles. The zero-order chi connectivity index (χ0) is 9.80. The third-order valence-electron chi connectivity index (χ3n) is 1.79. The summed E-state index contributed by atoms with van der Waals surface area (Å²) in [6, 6.07) is 1.95. The summed E-state index contributed by atoms with van der Waals surface area (Å²) in [5.74, 6) is 5.96. The van der Waals surface area contributed by atoms with Crippen molar-refractivity contribution in [3.05, 3.63) is 24.0 Å². The first-order valence-electron chi connectivity index (χ1n) is 4.38. The maximum Gasteiger partial charge on any atom is 0.155 e. The molecule has 2 aromatic rings. The van der Waals surface area contributed by atoms with Crippen LogP contribution in [0.2, 0.25) is 0 Å². The van der Waals surface area contributed by atoms with Crippen LogP contribution in [0.3, 0.4) is 0 Å². The van der Waals surface area contributed by atoms with Crippen LogP contribution in [-0.4, -0.2) is 21.7 Å². The van der Waals surface area contributed by atoms with Gasteiger partial charge < -0.3 is 5.73 Å². The van der Waals surface area contributed by atoms with Crippen molar-refractivity contribution < 1.29 is 0 Å². The van der Waals surface area contributed by atoms with E-state index >= 15 is 0 Å². The Morgan fingerprint density at radius 1 is 1.43 bits per heavy atom. The molecular weight excluding hydrogens is 176 g/mol. The van der Waals surface area contributed by atoms with Gasteiger partial charge >= 0.3 is 0 Å². The van der Waals surface area contributed by atoms with Crippen molar-refractivity contribution in [2.45, 2.75) is 6.42 Å². The Hall–Kier alpha value is -1.86. The third kappa shape index (κ3) is 1.73. The number of rotatable bonds is 1. The molecule has 0 radical (unpaired) electrons. The fourth-order valence-electron chi connectivity index (χ4n) is 1.14. The van der Waals surface area contributed by atoms with Crippen LogP contribution in [0.4, 0.5) is 0 Å². The van der Waals surface area contributed by atoms with Crippen molar-refractivity contribution in [2.24, 2.45) is 5.73 Å². The fraction of sp³-hybridized carbons (Fsp3) is 0.200. The molecule has 2 heterocycles. The van der Waals surface area contributed by atoms with Crippen LogP contribution in [0.25, 0.3) is 11.0 Å². The van der Waals surface area contributed by atoms with Crippen LogP contribution in [0.1, 0.15) is 12.0 Å². The molecule has 0 bridgehead atoms. The lowest BCUT2D eigenvalue weighted by Crippen LogP contribution is -1.95. The van der Waals surface area contributed by atoms with E-state index in [4.69, 9.17) is 5.73 Å². The lowest BCUT2D eigenvalue weighted by Gasteiger charge is -1.89. The molecule has 2 aromatic heterocycles. The van der Waals surface area contributed by atoms with Gasteiger partial charge in [-0.2, -0.15) is 5.10 Å². The summed E-state index contributed by atoms with van der Waals surface area (Å²) < 4.78 is 0. The first kappa shape index (κ1) is 8.73. The van der Waals surface area contributed by atoms with Gasteiger partial charge in [0.15, 0.2) is 5.65 Å². The lowest BCUT2D eigenvalue weighted by atomic mass is 10.2. The number of nitrogens with one attached hydrogen (secondary N) is 1. The van der Waals surface area contributed by atoms with Gasteiger partial charge in [-0.25, -0.2) is 4.98 Å². The Morgan fingerprint density at radius 2 is 2.36 bits per heavy atom. The zero-order valence-corrected chi connectivity index (χ0v) is 7.62. The van der Waals surface area contributed by atoms with E-state index < -0.39 is 0 Å². The number of nitrogens with two attached hydrogens (primary N) is 1. The van der Waals surface area contributed by atoms with Crippen molar-refractivity contribution >= 4 is 11.0 Å². The van der Waals surface area contributed by atoms with E-state index in [9.17, 15) is 0 Å². The highest BCUT2D eigenvalue weighted by molar-refractivity contribution is 5.75. The van der Waals surface area contributed by atoms with E-state index in [2.05, 4.69) is 27.0 Å². The average molecular weight is 186 g/mol. The molecule has 0 aliphatic heterocycles. The van der Waals surface area contributed by atoms with Crippen LogP contribution in [0.5, 0.6) is 0 Å². The number of aromatic amines is 1. The minimum absolute atomic E-state index is 0.592. The van der Waals surface area contributed by atoms with Crippen molar-refractivity contribution in [1.29, 1.82) is 0 Å². The Morgan fingerprint density at radius 3 is 3.21 bits per heavy atom. The number of aromatic nitrogens is 3. The molecule has 2 rings (SSSR count). The quantitative estimate of drug-likeness (QED) is 0.643. The van der Waals surface area contributed by atoms with Crippen molar-refractivity contribution in [3.63, 3.8) is 0 Å². The predicted octanol–water partition coefficient (Wildman–Crippen LogP) is 0.658. The van der Waals surface area contributed by atoms with Gasteiger partial charge in [-0.15, -0.1) is 0 Å². The molecule has 0 fully saturated rings. The number of pyridine rings is 1. The molecule has 14 heavy (non-hydrogen) atoms. The molecule has 4 nitrogen and oxygen atoms in total. The van der Waals surface area contributed by atoms with E-state index in [1.165, 1.54) is 0 Å². The van der Waals surface area contributed by atoms with E-state index in [1.54, 1.807) is 12.4 Å². The summed E-state index contributed by atoms with van der Waals surface area (Å²) >= 11 is 0. The van der Waals surface area contributed by atoms with Gasteiger partial charge in [-0.1, -0.05) is 11.8 Å². The fourth-order valence-corrected chi connectivity index (χ4v) is 1.14. The normalized spacial score (nSPS) is 9.79. The Bertz CT molecular complexity index is 489. The number of H-pyrrole nitrogens is 1. The van der Waals surface area contributed by atoms with Crippen LogP contribution in [0.15, 0.2) is 18.5 Å². The van der Waals surface area contributed by atoms with Crippen molar-refractivity contribution in [3.8, 4) is 11.8 Å². The van der Waals surface area contributed by atoms with Crippen molar-refractivity contribution in [1.82, 2.24) is 15.2 Å². The van der Waals surface area contributed by atoms with Crippen LogP contribution < -0.4 is 5.73 Å². The van der Waals surface area contributed by atoms with E-state index in [0.29, 0.717) is 13.0 Å². The Kier molecular flexibility index (Phi) is 2.43. The second kappa shape index (κ2) is 3.90. The Labute approximate surface area is 81.5 Å². The summed E-state index contributed by atoms with van der Waals surface area (Å²) in [5.41, 5.74) is 7.02. The minimum atomic E-state index is 0.592. The third-order valence-corrected chi connectivity index (χ3v) is 1.79. The molecular formula is C10H10N4.